The van der Waals surface area contributed by atoms with Gasteiger partial charge in [-0.2, -0.15) is 0 Å². The van der Waals surface area contributed by atoms with E-state index in [0.717, 1.165) is 12.8 Å². The lowest BCUT2D eigenvalue weighted by molar-refractivity contribution is -0.143. The van der Waals surface area contributed by atoms with Gasteiger partial charge in [0.15, 0.2) is 0 Å². The summed E-state index contributed by atoms with van der Waals surface area (Å²) >= 11 is 0. The van der Waals surface area contributed by atoms with Gasteiger partial charge in [0.1, 0.15) is 6.10 Å². The molecule has 1 saturated heterocycles. The van der Waals surface area contributed by atoms with E-state index in [1.165, 1.54) is 18.4 Å². The summed E-state index contributed by atoms with van der Waals surface area (Å²) < 4.78 is 5.42. The molecule has 0 saturated carbocycles. The predicted molar refractivity (Wildman–Crippen MR) is 72.2 cm³/mol. The second kappa shape index (κ2) is 6.03. The van der Waals surface area contributed by atoms with Crippen molar-refractivity contribution in [2.24, 2.45) is 11.8 Å². The SMILES string of the molecule is CCCC[C@@H]1[C@H](C)OC(=O)[C@@H]1Cc1ccccc1. The zero-order valence-electron chi connectivity index (χ0n) is 11.3. The minimum Gasteiger partial charge on any atom is -0.462 e. The number of carbonyl (C=O) groups is 1. The van der Waals surface area contributed by atoms with Gasteiger partial charge in [0.25, 0.3) is 0 Å². The lowest BCUT2D eigenvalue weighted by atomic mass is 9.83. The number of esters is 1. The molecule has 0 N–H and O–H groups in total. The van der Waals surface area contributed by atoms with Crippen LogP contribution in [0.25, 0.3) is 0 Å². The molecule has 1 heterocycles. The Kier molecular flexibility index (Phi) is 4.40. The molecule has 1 aliphatic rings. The highest BCUT2D eigenvalue weighted by molar-refractivity contribution is 5.75. The molecule has 18 heavy (non-hydrogen) atoms. The molecule has 3 atom stereocenters. The van der Waals surface area contributed by atoms with Crippen LogP contribution in [0.15, 0.2) is 30.3 Å². The molecule has 1 aromatic carbocycles. The molecule has 0 aromatic heterocycles. The van der Waals surface area contributed by atoms with E-state index in [-0.39, 0.29) is 18.0 Å². The molecule has 0 amide bonds. The van der Waals surface area contributed by atoms with Gasteiger partial charge in [0.05, 0.1) is 5.92 Å². The molecule has 1 aromatic rings. The molecule has 98 valence electrons. The molecular formula is C16H22O2. The maximum absolute atomic E-state index is 11.9. The Morgan fingerprint density at radius 2 is 1.94 bits per heavy atom. The Balaban J connectivity index is 2.06. The van der Waals surface area contributed by atoms with Gasteiger partial charge in [-0.05, 0) is 25.3 Å². The summed E-state index contributed by atoms with van der Waals surface area (Å²) in [5.74, 6) is 0.430. The zero-order chi connectivity index (χ0) is 13.0. The third-order valence-electron chi connectivity index (χ3n) is 3.91. The average molecular weight is 246 g/mol. The van der Waals surface area contributed by atoms with Crippen LogP contribution in [0, 0.1) is 11.8 Å². The Hall–Kier alpha value is -1.31. The first-order valence-corrected chi connectivity index (χ1v) is 6.96. The summed E-state index contributed by atoms with van der Waals surface area (Å²) in [7, 11) is 0. The summed E-state index contributed by atoms with van der Waals surface area (Å²) in [6, 6.07) is 10.2. The molecule has 2 rings (SSSR count). The quantitative estimate of drug-likeness (QED) is 0.742. The summed E-state index contributed by atoms with van der Waals surface area (Å²) in [5.41, 5.74) is 1.23. The normalized spacial score (nSPS) is 27.2. The highest BCUT2D eigenvalue weighted by Gasteiger charge is 2.41. The third-order valence-corrected chi connectivity index (χ3v) is 3.91. The highest BCUT2D eigenvalue weighted by atomic mass is 16.6. The first kappa shape index (κ1) is 13.1. The van der Waals surface area contributed by atoms with E-state index >= 15 is 0 Å². The van der Waals surface area contributed by atoms with Crippen molar-refractivity contribution in [3.8, 4) is 0 Å². The molecule has 0 aliphatic carbocycles. The number of unbranched alkanes of at least 4 members (excludes halogenated alkanes) is 1. The molecule has 0 radical (unpaired) electrons. The Morgan fingerprint density at radius 1 is 1.22 bits per heavy atom. The molecule has 2 heteroatoms. The topological polar surface area (TPSA) is 26.3 Å². The van der Waals surface area contributed by atoms with Crippen molar-refractivity contribution in [2.75, 3.05) is 0 Å². The van der Waals surface area contributed by atoms with Crippen LogP contribution in [-0.4, -0.2) is 12.1 Å². The second-order valence-electron chi connectivity index (χ2n) is 5.24. The number of carbonyl (C=O) groups excluding carboxylic acids is 1. The van der Waals surface area contributed by atoms with Gasteiger partial charge in [0.2, 0.25) is 0 Å². The molecule has 2 nitrogen and oxygen atoms in total. The van der Waals surface area contributed by atoms with Crippen molar-refractivity contribution in [1.82, 2.24) is 0 Å². The summed E-state index contributed by atoms with van der Waals surface area (Å²) in [4.78, 5) is 11.9. The minimum atomic E-state index is -0.00699. The molecule has 0 spiro atoms. The molecule has 0 unspecified atom stereocenters. The maximum Gasteiger partial charge on any atom is 0.309 e. The fourth-order valence-corrected chi connectivity index (χ4v) is 2.84. The fourth-order valence-electron chi connectivity index (χ4n) is 2.84. The van der Waals surface area contributed by atoms with Gasteiger partial charge in [-0.25, -0.2) is 0 Å². The second-order valence-corrected chi connectivity index (χ2v) is 5.24. The molecular weight excluding hydrogens is 224 g/mol. The van der Waals surface area contributed by atoms with Crippen molar-refractivity contribution in [1.29, 1.82) is 0 Å². The van der Waals surface area contributed by atoms with Gasteiger partial charge < -0.3 is 4.74 Å². The van der Waals surface area contributed by atoms with Gasteiger partial charge in [-0.3, -0.25) is 4.79 Å². The number of rotatable bonds is 5. The van der Waals surface area contributed by atoms with Crippen LogP contribution in [0.5, 0.6) is 0 Å². The summed E-state index contributed by atoms with van der Waals surface area (Å²) in [6.45, 7) is 4.22. The predicted octanol–water partition coefficient (Wildman–Crippen LogP) is 3.60. The van der Waals surface area contributed by atoms with Gasteiger partial charge >= 0.3 is 5.97 Å². The number of benzene rings is 1. The molecule has 0 bridgehead atoms. The minimum absolute atomic E-state index is 0.00699. The number of hydrogen-bond donors (Lipinski definition) is 0. The third kappa shape index (κ3) is 2.92. The lowest BCUT2D eigenvalue weighted by Crippen LogP contribution is -2.21. The van der Waals surface area contributed by atoms with E-state index in [1.54, 1.807) is 0 Å². The molecule has 1 aliphatic heterocycles. The van der Waals surface area contributed by atoms with E-state index in [2.05, 4.69) is 19.1 Å². The number of hydrogen-bond acceptors (Lipinski definition) is 2. The summed E-state index contributed by atoms with van der Waals surface area (Å²) in [6.07, 6.45) is 4.35. The number of ether oxygens (including phenoxy) is 1. The van der Waals surface area contributed by atoms with Crippen LogP contribution < -0.4 is 0 Å². The Labute approximate surface area is 109 Å². The Bertz CT molecular complexity index is 385. The fraction of sp³-hybridized carbons (Fsp3) is 0.562. The van der Waals surface area contributed by atoms with Crippen molar-refractivity contribution < 1.29 is 9.53 Å². The molecule has 1 fully saturated rings. The van der Waals surface area contributed by atoms with Crippen molar-refractivity contribution >= 4 is 5.97 Å². The maximum atomic E-state index is 11.9. The van der Waals surface area contributed by atoms with Crippen LogP contribution in [0.2, 0.25) is 0 Å². The highest BCUT2D eigenvalue weighted by Crippen LogP contribution is 2.34. The van der Waals surface area contributed by atoms with E-state index in [0.29, 0.717) is 5.92 Å². The van der Waals surface area contributed by atoms with E-state index in [4.69, 9.17) is 4.74 Å². The largest absolute Gasteiger partial charge is 0.462 e. The van der Waals surface area contributed by atoms with Gasteiger partial charge in [-0.15, -0.1) is 0 Å². The van der Waals surface area contributed by atoms with E-state index < -0.39 is 0 Å². The van der Waals surface area contributed by atoms with Crippen LogP contribution in [0.4, 0.5) is 0 Å². The van der Waals surface area contributed by atoms with Crippen molar-refractivity contribution in [2.45, 2.75) is 45.6 Å². The van der Waals surface area contributed by atoms with Crippen LogP contribution >= 0.6 is 0 Å². The van der Waals surface area contributed by atoms with Crippen LogP contribution in [0.3, 0.4) is 0 Å². The number of cyclic esters (lactones) is 1. The van der Waals surface area contributed by atoms with Crippen LogP contribution in [-0.2, 0) is 16.0 Å². The zero-order valence-corrected chi connectivity index (χ0v) is 11.3. The van der Waals surface area contributed by atoms with Gasteiger partial charge in [0, 0.05) is 5.92 Å². The lowest BCUT2D eigenvalue weighted by Gasteiger charge is -2.18. The van der Waals surface area contributed by atoms with Crippen molar-refractivity contribution in [3.05, 3.63) is 35.9 Å². The smallest absolute Gasteiger partial charge is 0.309 e. The summed E-state index contributed by atoms with van der Waals surface area (Å²) in [5, 5.41) is 0. The van der Waals surface area contributed by atoms with Crippen LogP contribution in [0.1, 0.15) is 38.7 Å². The van der Waals surface area contributed by atoms with Gasteiger partial charge in [-0.1, -0.05) is 50.1 Å². The standard InChI is InChI=1S/C16H22O2/c1-3-4-10-14-12(2)18-16(17)15(14)11-13-8-6-5-7-9-13/h5-9,12,14-15H,3-4,10-11H2,1-2H3/t12-,14+,15+/m0/s1. The average Bonchev–Trinajstić information content (AvgIpc) is 2.63. The monoisotopic (exact) mass is 246 g/mol. The first-order valence-electron chi connectivity index (χ1n) is 6.96. The van der Waals surface area contributed by atoms with E-state index in [9.17, 15) is 4.79 Å². The van der Waals surface area contributed by atoms with E-state index in [1.807, 2.05) is 25.1 Å². The first-order chi connectivity index (χ1) is 8.72. The Morgan fingerprint density at radius 3 is 2.61 bits per heavy atom. The van der Waals surface area contributed by atoms with Crippen molar-refractivity contribution in [3.63, 3.8) is 0 Å².